The molecule has 0 radical (unpaired) electrons. The van der Waals surface area contributed by atoms with Gasteiger partial charge in [-0.15, -0.1) is 0 Å². The van der Waals surface area contributed by atoms with Crippen LogP contribution >= 0.6 is 0 Å². The predicted octanol–water partition coefficient (Wildman–Crippen LogP) is 1.82. The van der Waals surface area contributed by atoms with Crippen molar-refractivity contribution < 1.29 is 4.73 Å². The van der Waals surface area contributed by atoms with Gasteiger partial charge < -0.3 is 10.5 Å². The van der Waals surface area contributed by atoms with Crippen LogP contribution in [-0.4, -0.2) is 6.54 Å². The summed E-state index contributed by atoms with van der Waals surface area (Å²) < 4.78 is 1.13. The zero-order chi connectivity index (χ0) is 11.8. The number of hydrogen-bond acceptors (Lipinski definition) is 2. The first-order valence-corrected chi connectivity index (χ1v) is 6.12. The van der Waals surface area contributed by atoms with E-state index in [0.717, 1.165) is 47.3 Å². The van der Waals surface area contributed by atoms with E-state index in [-0.39, 0.29) is 0 Å². The van der Waals surface area contributed by atoms with Gasteiger partial charge in [0.2, 0.25) is 5.52 Å². The highest BCUT2D eigenvalue weighted by Crippen LogP contribution is 2.23. The molecule has 1 aliphatic rings. The molecular weight excluding hydrogens is 212 g/mol. The monoisotopic (exact) mass is 228 g/mol. The van der Waals surface area contributed by atoms with Crippen molar-refractivity contribution in [3.63, 3.8) is 0 Å². The first-order valence-electron chi connectivity index (χ1n) is 6.12. The second-order valence-corrected chi connectivity index (χ2v) is 4.64. The van der Waals surface area contributed by atoms with Crippen molar-refractivity contribution in [2.75, 3.05) is 6.54 Å². The highest BCUT2D eigenvalue weighted by Gasteiger charge is 2.21. The highest BCUT2D eigenvalue weighted by atomic mass is 16.5. The maximum atomic E-state index is 12.4. The fraction of sp³-hybridized carbons (Fsp3) is 0.357. The molecule has 0 bridgehead atoms. The van der Waals surface area contributed by atoms with Crippen LogP contribution in [0.25, 0.3) is 10.9 Å². The Kier molecular flexibility index (Phi) is 2.48. The first kappa shape index (κ1) is 10.5. The third-order valence-corrected chi connectivity index (χ3v) is 3.64. The van der Waals surface area contributed by atoms with E-state index in [9.17, 15) is 5.21 Å². The Hall–Kier alpha value is -1.61. The van der Waals surface area contributed by atoms with Crippen LogP contribution in [0.5, 0.6) is 0 Å². The maximum absolute atomic E-state index is 12.4. The number of aryl methyl sites for hydroxylation is 1. The van der Waals surface area contributed by atoms with Crippen LogP contribution < -0.4 is 10.0 Å². The van der Waals surface area contributed by atoms with Crippen LogP contribution in [0.2, 0.25) is 0 Å². The molecular formula is C14H16N2O. The molecule has 3 nitrogen and oxygen atoms in total. The summed E-state index contributed by atoms with van der Waals surface area (Å²) in [7, 11) is 0. The van der Waals surface area contributed by atoms with Gasteiger partial charge in [-0.3, -0.25) is 0 Å². The Labute approximate surface area is 101 Å². The van der Waals surface area contributed by atoms with Crippen molar-refractivity contribution in [3.05, 3.63) is 46.3 Å². The van der Waals surface area contributed by atoms with E-state index in [1.165, 1.54) is 11.1 Å². The summed E-state index contributed by atoms with van der Waals surface area (Å²) in [5.74, 6) is 0. The predicted molar refractivity (Wildman–Crippen MR) is 67.7 cm³/mol. The van der Waals surface area contributed by atoms with Gasteiger partial charge in [-0.2, -0.15) is 4.73 Å². The lowest BCUT2D eigenvalue weighted by molar-refractivity contribution is -0.586. The largest absolute Gasteiger partial charge is 0.618 e. The molecule has 3 rings (SSSR count). The average molecular weight is 228 g/mol. The Balaban J connectivity index is 2.38. The number of aromatic nitrogens is 1. The van der Waals surface area contributed by atoms with Gasteiger partial charge in [0.25, 0.3) is 0 Å². The second-order valence-electron chi connectivity index (χ2n) is 4.64. The molecule has 3 heteroatoms. The molecule has 1 aromatic carbocycles. The number of nitrogens with zero attached hydrogens (tertiary/aromatic N) is 1. The lowest BCUT2D eigenvalue weighted by Gasteiger charge is -2.13. The molecule has 0 spiro atoms. The number of pyridine rings is 1. The van der Waals surface area contributed by atoms with E-state index in [1.807, 2.05) is 24.3 Å². The molecule has 1 N–H and O–H groups in total. The lowest BCUT2D eigenvalue weighted by Crippen LogP contribution is -2.35. The maximum Gasteiger partial charge on any atom is 0.224 e. The van der Waals surface area contributed by atoms with Crippen LogP contribution in [0.15, 0.2) is 24.3 Å². The molecule has 0 unspecified atom stereocenters. The molecule has 2 aromatic rings. The molecule has 0 saturated carbocycles. The van der Waals surface area contributed by atoms with Gasteiger partial charge in [-0.25, -0.2) is 0 Å². The number of fused-ring (bicyclic) bond motifs is 2. The van der Waals surface area contributed by atoms with Gasteiger partial charge in [0.05, 0.1) is 5.39 Å². The minimum Gasteiger partial charge on any atom is -0.618 e. The van der Waals surface area contributed by atoms with Gasteiger partial charge in [-0.05, 0) is 31.5 Å². The average Bonchev–Trinajstić information content (AvgIpc) is 2.62. The Morgan fingerprint density at radius 1 is 1.29 bits per heavy atom. The van der Waals surface area contributed by atoms with Gasteiger partial charge in [0, 0.05) is 24.6 Å². The highest BCUT2D eigenvalue weighted by molar-refractivity contribution is 5.80. The van der Waals surface area contributed by atoms with E-state index >= 15 is 0 Å². The smallest absolute Gasteiger partial charge is 0.224 e. The van der Waals surface area contributed by atoms with Crippen LogP contribution in [0.1, 0.15) is 23.2 Å². The van der Waals surface area contributed by atoms with Crippen LogP contribution in [0.4, 0.5) is 0 Å². The molecule has 1 aliphatic heterocycles. The fourth-order valence-electron chi connectivity index (χ4n) is 2.70. The number of para-hydroxylation sites is 1. The molecule has 17 heavy (non-hydrogen) atoms. The topological polar surface area (TPSA) is 39.0 Å². The van der Waals surface area contributed by atoms with Crippen LogP contribution in [0, 0.1) is 12.1 Å². The third kappa shape index (κ3) is 1.58. The molecule has 1 aromatic heterocycles. The quantitative estimate of drug-likeness (QED) is 0.552. The number of hydrogen-bond donors (Lipinski definition) is 1. The first-order chi connectivity index (χ1) is 8.29. The molecule has 0 aliphatic carbocycles. The summed E-state index contributed by atoms with van der Waals surface area (Å²) >= 11 is 0. The summed E-state index contributed by atoms with van der Waals surface area (Å²) in [6.45, 7) is 3.92. The van der Waals surface area contributed by atoms with E-state index < -0.39 is 0 Å². The standard InChI is InChI=1S/C14H16N2O/c1-10-11-5-2-3-6-13(11)16(17)14-7-4-8-15-9-12(10)14/h2-3,5-6,15H,4,7-9H2,1H3. The molecule has 0 fully saturated rings. The van der Waals surface area contributed by atoms with Crippen molar-refractivity contribution in [2.45, 2.75) is 26.3 Å². The normalized spacial score (nSPS) is 15.6. The minimum atomic E-state index is 0.797. The fourth-order valence-corrected chi connectivity index (χ4v) is 2.70. The van der Waals surface area contributed by atoms with Crippen molar-refractivity contribution in [1.82, 2.24) is 5.32 Å². The third-order valence-electron chi connectivity index (χ3n) is 3.64. The molecule has 2 heterocycles. The SMILES string of the molecule is Cc1c2c([n+]([O-])c3ccccc13)CCCNC2. The van der Waals surface area contributed by atoms with Gasteiger partial charge in [0.1, 0.15) is 0 Å². The van der Waals surface area contributed by atoms with Crippen molar-refractivity contribution in [2.24, 2.45) is 0 Å². The number of benzene rings is 1. The van der Waals surface area contributed by atoms with E-state index in [4.69, 9.17) is 0 Å². The summed E-state index contributed by atoms with van der Waals surface area (Å²) in [4.78, 5) is 0. The molecule has 88 valence electrons. The minimum absolute atomic E-state index is 0.797. The second kappa shape index (κ2) is 4.00. The molecule has 0 saturated heterocycles. The Bertz CT molecular complexity index is 527. The van der Waals surface area contributed by atoms with E-state index in [0.29, 0.717) is 0 Å². The summed E-state index contributed by atoms with van der Waals surface area (Å²) in [6, 6.07) is 7.86. The van der Waals surface area contributed by atoms with Crippen molar-refractivity contribution in [1.29, 1.82) is 0 Å². The van der Waals surface area contributed by atoms with Gasteiger partial charge in [0.15, 0.2) is 5.69 Å². The Morgan fingerprint density at radius 2 is 2.12 bits per heavy atom. The summed E-state index contributed by atoms with van der Waals surface area (Å²) in [5.41, 5.74) is 4.19. The van der Waals surface area contributed by atoms with Crippen LogP contribution in [-0.2, 0) is 13.0 Å². The van der Waals surface area contributed by atoms with Gasteiger partial charge >= 0.3 is 0 Å². The van der Waals surface area contributed by atoms with Crippen molar-refractivity contribution in [3.8, 4) is 0 Å². The summed E-state index contributed by atoms with van der Waals surface area (Å²) in [6.07, 6.45) is 1.91. The Morgan fingerprint density at radius 3 is 3.00 bits per heavy atom. The zero-order valence-electron chi connectivity index (χ0n) is 9.99. The van der Waals surface area contributed by atoms with Gasteiger partial charge in [-0.1, -0.05) is 12.1 Å². The summed E-state index contributed by atoms with van der Waals surface area (Å²) in [5, 5.41) is 16.8. The molecule has 0 atom stereocenters. The van der Waals surface area contributed by atoms with Crippen molar-refractivity contribution >= 4 is 10.9 Å². The number of nitrogens with one attached hydrogen (secondary N) is 1. The number of rotatable bonds is 0. The van der Waals surface area contributed by atoms with E-state index in [2.05, 4.69) is 12.2 Å². The van der Waals surface area contributed by atoms with Crippen LogP contribution in [0.3, 0.4) is 0 Å². The molecule has 0 amide bonds. The lowest BCUT2D eigenvalue weighted by atomic mass is 10.00. The zero-order valence-corrected chi connectivity index (χ0v) is 9.99. The van der Waals surface area contributed by atoms with E-state index in [1.54, 1.807) is 0 Å².